The maximum Gasteiger partial charge on any atom is 0.159 e. The van der Waals surface area contributed by atoms with E-state index in [9.17, 15) is 8.78 Å². The van der Waals surface area contributed by atoms with Crippen molar-refractivity contribution in [2.75, 3.05) is 0 Å². The summed E-state index contributed by atoms with van der Waals surface area (Å²) in [5, 5.41) is 1.29. The van der Waals surface area contributed by atoms with E-state index in [0.29, 0.717) is 35.0 Å². The molecule has 0 atom stereocenters. The molecule has 0 unspecified atom stereocenters. The first-order chi connectivity index (χ1) is 9.52. The summed E-state index contributed by atoms with van der Waals surface area (Å²) in [6.45, 7) is 5.56. The molecule has 0 bridgehead atoms. The number of nitrogens with zero attached hydrogens (tertiary/aromatic N) is 2. The summed E-state index contributed by atoms with van der Waals surface area (Å²) < 4.78 is 26.8. The number of hydrogen-bond donors (Lipinski definition) is 1. The predicted molar refractivity (Wildman–Crippen MR) is 76.5 cm³/mol. The molecule has 0 amide bonds. The van der Waals surface area contributed by atoms with Gasteiger partial charge in [0.15, 0.2) is 11.6 Å². The molecule has 3 nitrogen and oxygen atoms in total. The van der Waals surface area contributed by atoms with Crippen LogP contribution < -0.4 is 5.73 Å². The van der Waals surface area contributed by atoms with E-state index in [0.717, 1.165) is 5.56 Å². The minimum atomic E-state index is -0.870. The van der Waals surface area contributed by atoms with Crippen LogP contribution in [0.5, 0.6) is 0 Å². The van der Waals surface area contributed by atoms with E-state index >= 15 is 0 Å². The van der Waals surface area contributed by atoms with Gasteiger partial charge >= 0.3 is 0 Å². The van der Waals surface area contributed by atoms with Gasteiger partial charge in [-0.25, -0.2) is 13.8 Å². The van der Waals surface area contributed by atoms with Crippen molar-refractivity contribution in [1.29, 1.82) is 0 Å². The average Bonchev–Trinajstić information content (AvgIpc) is 2.41. The fourth-order valence-corrected chi connectivity index (χ4v) is 2.06. The van der Waals surface area contributed by atoms with E-state index in [2.05, 4.69) is 16.6 Å². The van der Waals surface area contributed by atoms with Crippen molar-refractivity contribution in [3.8, 4) is 0 Å². The van der Waals surface area contributed by atoms with Crippen molar-refractivity contribution in [3.63, 3.8) is 0 Å². The van der Waals surface area contributed by atoms with Crippen molar-refractivity contribution in [2.45, 2.75) is 19.8 Å². The van der Waals surface area contributed by atoms with Crippen LogP contribution in [0.3, 0.4) is 0 Å². The quantitative estimate of drug-likeness (QED) is 0.688. The number of aryl methyl sites for hydroxylation is 2. The largest absolute Gasteiger partial charge is 0.390 e. The molecule has 2 N–H and O–H groups in total. The Kier molecular flexibility index (Phi) is 4.08. The molecular weight excluding hydrogens is 260 g/mol. The highest BCUT2D eigenvalue weighted by atomic mass is 19.2. The van der Waals surface area contributed by atoms with Crippen LogP contribution in [0.1, 0.15) is 17.7 Å². The lowest BCUT2D eigenvalue weighted by Gasteiger charge is -2.09. The molecule has 0 aliphatic heterocycles. The highest BCUT2D eigenvalue weighted by Crippen LogP contribution is 2.25. The molecular formula is C15H15F2N3. The van der Waals surface area contributed by atoms with E-state index in [1.54, 1.807) is 6.20 Å². The van der Waals surface area contributed by atoms with Crippen LogP contribution in [0.4, 0.5) is 8.78 Å². The van der Waals surface area contributed by atoms with Gasteiger partial charge in [0.05, 0.1) is 6.34 Å². The Morgan fingerprint density at radius 1 is 1.35 bits per heavy atom. The average molecular weight is 275 g/mol. The summed E-state index contributed by atoms with van der Waals surface area (Å²) in [4.78, 5) is 8.16. The topological polar surface area (TPSA) is 51.3 Å². The summed E-state index contributed by atoms with van der Waals surface area (Å²) in [5.74, 6) is -1.72. The lowest BCUT2D eigenvalue weighted by Crippen LogP contribution is -1.97. The third-order valence-corrected chi connectivity index (χ3v) is 3.12. The minimum Gasteiger partial charge on any atom is -0.390 e. The van der Waals surface area contributed by atoms with Crippen LogP contribution in [-0.2, 0) is 6.42 Å². The molecule has 104 valence electrons. The first-order valence-corrected chi connectivity index (χ1v) is 6.18. The lowest BCUT2D eigenvalue weighted by atomic mass is 10.0. The fourth-order valence-electron chi connectivity index (χ4n) is 2.06. The van der Waals surface area contributed by atoms with Gasteiger partial charge in [0, 0.05) is 23.0 Å². The molecule has 5 heteroatoms. The predicted octanol–water partition coefficient (Wildman–Crippen LogP) is 3.25. The number of nitrogens with two attached hydrogens (primary N) is 1. The van der Waals surface area contributed by atoms with Gasteiger partial charge < -0.3 is 5.73 Å². The van der Waals surface area contributed by atoms with Gasteiger partial charge in [-0.05, 0) is 42.8 Å². The van der Waals surface area contributed by atoms with E-state index in [-0.39, 0.29) is 0 Å². The normalized spacial score (nSPS) is 11.3. The van der Waals surface area contributed by atoms with Crippen LogP contribution in [0.15, 0.2) is 35.6 Å². The van der Waals surface area contributed by atoms with Gasteiger partial charge in [0.25, 0.3) is 0 Å². The molecule has 0 aliphatic carbocycles. The first-order valence-electron chi connectivity index (χ1n) is 6.18. The number of benzene rings is 1. The molecule has 1 heterocycles. The molecule has 0 saturated carbocycles. The third-order valence-electron chi connectivity index (χ3n) is 3.12. The second kappa shape index (κ2) is 5.77. The Morgan fingerprint density at radius 3 is 2.65 bits per heavy atom. The zero-order chi connectivity index (χ0) is 14.7. The summed E-state index contributed by atoms with van der Waals surface area (Å²) in [5.41, 5.74) is 7.30. The van der Waals surface area contributed by atoms with Gasteiger partial charge in [-0.15, -0.1) is 0 Å². The minimum absolute atomic E-state index is 0.540. The van der Waals surface area contributed by atoms with Crippen molar-refractivity contribution >= 4 is 17.1 Å². The Hall–Kier alpha value is -2.30. The Labute approximate surface area is 115 Å². The van der Waals surface area contributed by atoms with E-state index in [4.69, 9.17) is 5.73 Å². The van der Waals surface area contributed by atoms with Gasteiger partial charge in [0.1, 0.15) is 0 Å². The number of allylic oxidation sites excluding steroid dienone is 1. The van der Waals surface area contributed by atoms with Crippen LogP contribution in [0.25, 0.3) is 10.8 Å². The van der Waals surface area contributed by atoms with E-state index in [1.807, 2.05) is 6.92 Å². The zero-order valence-electron chi connectivity index (χ0n) is 11.2. The molecule has 1 aromatic heterocycles. The van der Waals surface area contributed by atoms with Gasteiger partial charge in [0.2, 0.25) is 0 Å². The van der Waals surface area contributed by atoms with E-state index in [1.165, 1.54) is 18.5 Å². The monoisotopic (exact) mass is 275 g/mol. The molecule has 0 saturated heterocycles. The number of fused-ring (bicyclic) bond motifs is 1. The lowest BCUT2D eigenvalue weighted by molar-refractivity contribution is 0.510. The highest BCUT2D eigenvalue weighted by molar-refractivity contribution is 5.87. The van der Waals surface area contributed by atoms with Gasteiger partial charge in [-0.1, -0.05) is 6.58 Å². The number of aliphatic imine (C=N–C) groups is 1. The molecule has 0 aliphatic rings. The Bertz CT molecular complexity index is 693. The molecule has 2 rings (SSSR count). The van der Waals surface area contributed by atoms with Crippen LogP contribution in [0, 0.1) is 18.6 Å². The standard InChI is InChI=1S/C15H15F2N3/c1-9-7-19-15(4-3-10(2)20-8-18)12-6-14(17)13(16)5-11(9)12/h5-8H,2-4H2,1H3,(H2,18,20). The second-order valence-electron chi connectivity index (χ2n) is 4.54. The second-order valence-corrected chi connectivity index (χ2v) is 4.54. The third kappa shape index (κ3) is 2.82. The molecule has 1 aromatic carbocycles. The van der Waals surface area contributed by atoms with Crippen LogP contribution in [-0.4, -0.2) is 11.3 Å². The summed E-state index contributed by atoms with van der Waals surface area (Å²) in [7, 11) is 0. The molecule has 2 aromatic rings. The molecule has 0 spiro atoms. The highest BCUT2D eigenvalue weighted by Gasteiger charge is 2.10. The maximum atomic E-state index is 13.4. The van der Waals surface area contributed by atoms with Gasteiger partial charge in [-0.2, -0.15) is 0 Å². The molecule has 0 fully saturated rings. The SMILES string of the molecule is C=C(CCc1ncc(C)c2cc(F)c(F)cc12)N=CN. The van der Waals surface area contributed by atoms with Crippen LogP contribution >= 0.6 is 0 Å². The van der Waals surface area contributed by atoms with Crippen molar-refractivity contribution in [1.82, 2.24) is 4.98 Å². The number of pyridine rings is 1. The van der Waals surface area contributed by atoms with Gasteiger partial charge in [-0.3, -0.25) is 4.98 Å². The number of hydrogen-bond acceptors (Lipinski definition) is 2. The van der Waals surface area contributed by atoms with E-state index < -0.39 is 11.6 Å². The van der Waals surface area contributed by atoms with Crippen molar-refractivity contribution in [3.05, 3.63) is 53.5 Å². The smallest absolute Gasteiger partial charge is 0.159 e. The fraction of sp³-hybridized carbons (Fsp3) is 0.200. The summed E-state index contributed by atoms with van der Waals surface area (Å²) in [6.07, 6.45) is 3.93. The maximum absolute atomic E-state index is 13.4. The summed E-state index contributed by atoms with van der Waals surface area (Å²) >= 11 is 0. The zero-order valence-corrected chi connectivity index (χ0v) is 11.2. The number of rotatable bonds is 4. The van der Waals surface area contributed by atoms with Crippen LogP contribution in [0.2, 0.25) is 0 Å². The Balaban J connectivity index is 2.41. The molecule has 0 radical (unpaired) electrons. The number of halogens is 2. The first kappa shape index (κ1) is 14.1. The Morgan fingerprint density at radius 2 is 2.00 bits per heavy atom. The van der Waals surface area contributed by atoms with Crippen molar-refractivity contribution < 1.29 is 8.78 Å². The molecule has 20 heavy (non-hydrogen) atoms. The van der Waals surface area contributed by atoms with Crippen molar-refractivity contribution in [2.24, 2.45) is 10.7 Å². The summed E-state index contributed by atoms with van der Waals surface area (Å²) in [6, 6.07) is 2.40. The number of aromatic nitrogens is 1.